The fourth-order valence-electron chi connectivity index (χ4n) is 1.87. The summed E-state index contributed by atoms with van der Waals surface area (Å²) < 4.78 is 19.2. The summed E-state index contributed by atoms with van der Waals surface area (Å²) in [6, 6.07) is 10.2. The van der Waals surface area contributed by atoms with Crippen LogP contribution >= 0.6 is 0 Å². The summed E-state index contributed by atoms with van der Waals surface area (Å²) in [4.78, 5) is 0. The number of aliphatic hydroxyl groups is 1. The van der Waals surface area contributed by atoms with Gasteiger partial charge in [-0.15, -0.1) is 0 Å². The molecular weight excluding hydrogens is 330 g/mol. The smallest absolute Gasteiger partial charge is 0.137 e. The summed E-state index contributed by atoms with van der Waals surface area (Å²) >= 11 is 0. The second-order valence-electron chi connectivity index (χ2n) is 4.40. The average Bonchev–Trinajstić information content (AvgIpc) is 2.92. The van der Waals surface area contributed by atoms with Crippen molar-refractivity contribution in [3.8, 4) is 11.3 Å². The van der Waals surface area contributed by atoms with E-state index in [0.29, 0.717) is 24.4 Å². The van der Waals surface area contributed by atoms with Gasteiger partial charge in [0, 0.05) is 19.6 Å². The van der Waals surface area contributed by atoms with E-state index in [9.17, 15) is 4.39 Å². The maximum Gasteiger partial charge on any atom is 0.137 e. The van der Waals surface area contributed by atoms with Crippen LogP contribution in [0, 0.1) is 5.82 Å². The van der Waals surface area contributed by atoms with Crippen LogP contribution in [0.3, 0.4) is 0 Å². The topological polar surface area (TPSA) is 57.4 Å². The first-order valence-electron chi connectivity index (χ1n) is 6.67. The fraction of sp³-hybridized carbons (Fsp3) is 0.333. The molecule has 1 aromatic carbocycles. The van der Waals surface area contributed by atoms with Crippen molar-refractivity contribution in [1.29, 1.82) is 0 Å². The van der Waals surface area contributed by atoms with Gasteiger partial charge in [0.2, 0.25) is 0 Å². The Morgan fingerprint density at radius 2 is 1.68 bits per heavy atom. The highest BCUT2D eigenvalue weighted by atomic mass is 35.5. The van der Waals surface area contributed by atoms with Gasteiger partial charge in [0.15, 0.2) is 0 Å². The van der Waals surface area contributed by atoms with Gasteiger partial charge in [-0.1, -0.05) is 12.1 Å². The van der Waals surface area contributed by atoms with Crippen molar-refractivity contribution in [3.05, 3.63) is 48.0 Å². The van der Waals surface area contributed by atoms with Gasteiger partial charge < -0.3 is 45.0 Å². The lowest BCUT2D eigenvalue weighted by atomic mass is 10.1. The van der Waals surface area contributed by atoms with Gasteiger partial charge in [-0.3, -0.25) is 0 Å². The lowest BCUT2D eigenvalue weighted by molar-refractivity contribution is -0.001000. The molecule has 22 heavy (non-hydrogen) atoms. The zero-order valence-electron chi connectivity index (χ0n) is 12.0. The van der Waals surface area contributed by atoms with Gasteiger partial charge in [0.05, 0.1) is 18.7 Å². The Morgan fingerprint density at radius 1 is 0.955 bits per heavy atom. The number of aliphatic hydroxyl groups excluding tert-OH is 1. The maximum absolute atomic E-state index is 13.6. The second kappa shape index (κ2) is 11.5. The van der Waals surface area contributed by atoms with Gasteiger partial charge in [0.25, 0.3) is 0 Å². The van der Waals surface area contributed by atoms with Crippen LogP contribution in [0.25, 0.3) is 11.3 Å². The van der Waals surface area contributed by atoms with Gasteiger partial charge >= 0.3 is 0 Å². The molecule has 0 aliphatic rings. The molecule has 0 saturated heterocycles. The number of hydrogen-bond donors (Lipinski definition) is 3. The fourth-order valence-corrected chi connectivity index (χ4v) is 1.87. The largest absolute Gasteiger partial charge is 1.00 e. The molecule has 0 bridgehead atoms. The summed E-state index contributed by atoms with van der Waals surface area (Å²) in [7, 11) is 0. The summed E-state index contributed by atoms with van der Waals surface area (Å²) in [5.41, 5.74) is 0.475. The summed E-state index contributed by atoms with van der Waals surface area (Å²) in [6.07, 6.45) is 0. The Hall–Kier alpha value is -1.11. The zero-order chi connectivity index (χ0) is 14.2. The van der Waals surface area contributed by atoms with E-state index in [0.717, 1.165) is 18.8 Å². The van der Waals surface area contributed by atoms with Gasteiger partial charge in [0.1, 0.15) is 17.3 Å². The van der Waals surface area contributed by atoms with Crippen molar-refractivity contribution in [1.82, 2.24) is 10.6 Å². The summed E-state index contributed by atoms with van der Waals surface area (Å²) in [5.74, 6) is 1.03. The molecule has 0 aliphatic heterocycles. The van der Waals surface area contributed by atoms with Crippen LogP contribution in [-0.2, 0) is 6.54 Å². The van der Waals surface area contributed by atoms with E-state index in [-0.39, 0.29) is 37.2 Å². The van der Waals surface area contributed by atoms with Gasteiger partial charge in [-0.05, 0) is 24.3 Å². The molecule has 2 rings (SSSR count). The van der Waals surface area contributed by atoms with E-state index >= 15 is 0 Å². The number of benzene rings is 1. The summed E-state index contributed by atoms with van der Waals surface area (Å²) in [6.45, 7) is 2.89. The molecule has 0 radical (unpaired) electrons. The minimum absolute atomic E-state index is 0. The third-order valence-corrected chi connectivity index (χ3v) is 2.87. The lowest BCUT2D eigenvalue weighted by Gasteiger charge is -2.04. The van der Waals surface area contributed by atoms with E-state index in [1.165, 1.54) is 6.07 Å². The van der Waals surface area contributed by atoms with Gasteiger partial charge in [-0.2, -0.15) is 0 Å². The van der Waals surface area contributed by atoms with Crippen molar-refractivity contribution < 1.29 is 38.7 Å². The summed E-state index contributed by atoms with van der Waals surface area (Å²) in [5, 5.41) is 14.9. The van der Waals surface area contributed by atoms with E-state index in [2.05, 4.69) is 10.6 Å². The highest BCUT2D eigenvalue weighted by Gasteiger charge is 2.08. The molecule has 124 valence electrons. The van der Waals surface area contributed by atoms with E-state index < -0.39 is 0 Å². The molecule has 0 unspecified atom stereocenters. The van der Waals surface area contributed by atoms with Gasteiger partial charge in [-0.25, -0.2) is 4.39 Å². The zero-order valence-corrected chi connectivity index (χ0v) is 13.5. The third-order valence-electron chi connectivity index (χ3n) is 2.87. The first-order valence-corrected chi connectivity index (χ1v) is 6.67. The maximum atomic E-state index is 13.6. The molecule has 2 aromatic rings. The van der Waals surface area contributed by atoms with Crippen LogP contribution in [0.5, 0.6) is 0 Å². The standard InChI is InChI=1S/C15H19FN2O2.2ClH/c16-14-4-2-1-3-13(14)15-6-5-12(20-15)11-18-8-7-17-9-10-19;;/h1-6,17-19H,7-11H2;2*1H/p-2. The van der Waals surface area contributed by atoms with Crippen LogP contribution in [0.4, 0.5) is 4.39 Å². The minimum atomic E-state index is -0.283. The Bertz CT molecular complexity index is 538. The molecule has 0 saturated carbocycles. The quantitative estimate of drug-likeness (QED) is 0.423. The molecule has 1 aromatic heterocycles. The highest BCUT2D eigenvalue weighted by Crippen LogP contribution is 2.24. The van der Waals surface area contributed by atoms with Crippen molar-refractivity contribution in [2.75, 3.05) is 26.2 Å². The monoisotopic (exact) mass is 348 g/mol. The molecule has 1 heterocycles. The average molecular weight is 349 g/mol. The van der Waals surface area contributed by atoms with Crippen LogP contribution in [0.2, 0.25) is 0 Å². The number of halogens is 3. The molecular formula is C15H19Cl2FN2O2-2. The Labute approximate surface area is 141 Å². The Kier molecular flexibility index (Phi) is 10.9. The van der Waals surface area contributed by atoms with Crippen LogP contribution in [0.1, 0.15) is 5.76 Å². The minimum Gasteiger partial charge on any atom is -1.00 e. The molecule has 4 nitrogen and oxygen atoms in total. The number of rotatable bonds is 8. The first kappa shape index (κ1) is 20.9. The van der Waals surface area contributed by atoms with Crippen molar-refractivity contribution in [3.63, 3.8) is 0 Å². The van der Waals surface area contributed by atoms with E-state index in [4.69, 9.17) is 9.52 Å². The number of hydrogen-bond acceptors (Lipinski definition) is 4. The molecule has 0 amide bonds. The molecule has 0 aliphatic carbocycles. The predicted molar refractivity (Wildman–Crippen MR) is 75.8 cm³/mol. The predicted octanol–water partition coefficient (Wildman–Crippen LogP) is -4.23. The van der Waals surface area contributed by atoms with Crippen molar-refractivity contribution in [2.24, 2.45) is 0 Å². The van der Waals surface area contributed by atoms with Crippen molar-refractivity contribution in [2.45, 2.75) is 6.54 Å². The molecule has 0 atom stereocenters. The Morgan fingerprint density at radius 3 is 2.41 bits per heavy atom. The normalized spacial score (nSPS) is 9.91. The lowest BCUT2D eigenvalue weighted by Crippen LogP contribution is -3.00. The van der Waals surface area contributed by atoms with E-state index in [1.54, 1.807) is 24.3 Å². The SMILES string of the molecule is OCCNCCNCc1ccc(-c2ccccc2F)o1.[Cl-].[Cl-]. The van der Waals surface area contributed by atoms with Crippen LogP contribution in [0.15, 0.2) is 40.8 Å². The van der Waals surface area contributed by atoms with Crippen molar-refractivity contribution >= 4 is 0 Å². The second-order valence-corrected chi connectivity index (χ2v) is 4.40. The highest BCUT2D eigenvalue weighted by molar-refractivity contribution is 5.58. The Balaban J connectivity index is 0.00000220. The number of furan rings is 1. The number of nitrogens with one attached hydrogen (secondary N) is 2. The van der Waals surface area contributed by atoms with Crippen LogP contribution in [-0.4, -0.2) is 31.3 Å². The molecule has 0 spiro atoms. The molecule has 0 fully saturated rings. The van der Waals surface area contributed by atoms with Crippen LogP contribution < -0.4 is 35.4 Å². The third kappa shape index (κ3) is 6.34. The molecule has 3 N–H and O–H groups in total. The van der Waals surface area contributed by atoms with E-state index in [1.807, 2.05) is 6.07 Å². The molecule has 7 heteroatoms. The first-order chi connectivity index (χ1) is 9.81.